The molecule has 1 saturated heterocycles. The molecule has 2 rings (SSSR count). The molecule has 112 valence electrons. The maximum atomic E-state index is 6.17. The highest BCUT2D eigenvalue weighted by molar-refractivity contribution is 4.94. The topological polar surface area (TPSA) is 24.5 Å². The second-order valence-corrected chi connectivity index (χ2v) is 7.69. The van der Waals surface area contributed by atoms with Crippen molar-refractivity contribution in [1.82, 2.24) is 10.2 Å². The molecule has 0 aromatic rings. The summed E-state index contributed by atoms with van der Waals surface area (Å²) in [6.45, 7) is 15.5. The second-order valence-electron chi connectivity index (χ2n) is 7.69. The average molecular weight is 268 g/mol. The van der Waals surface area contributed by atoms with E-state index in [0.717, 1.165) is 25.6 Å². The average Bonchev–Trinajstić information content (AvgIpc) is 3.03. The fourth-order valence-electron chi connectivity index (χ4n) is 3.56. The molecule has 0 aromatic heterocycles. The highest BCUT2D eigenvalue weighted by Crippen LogP contribution is 2.34. The van der Waals surface area contributed by atoms with E-state index in [0.29, 0.717) is 6.04 Å². The summed E-state index contributed by atoms with van der Waals surface area (Å²) in [6.07, 6.45) is 4.06. The van der Waals surface area contributed by atoms with Crippen molar-refractivity contribution in [3.05, 3.63) is 0 Å². The molecule has 1 N–H and O–H groups in total. The van der Waals surface area contributed by atoms with Crippen molar-refractivity contribution in [2.24, 2.45) is 5.92 Å². The van der Waals surface area contributed by atoms with Crippen LogP contribution in [0.2, 0.25) is 0 Å². The van der Waals surface area contributed by atoms with E-state index in [1.165, 1.54) is 25.8 Å². The van der Waals surface area contributed by atoms with Gasteiger partial charge in [-0.25, -0.2) is 0 Å². The first-order valence-corrected chi connectivity index (χ1v) is 7.97. The molecular weight excluding hydrogens is 236 g/mol. The number of ether oxygens (including phenoxy) is 1. The van der Waals surface area contributed by atoms with Gasteiger partial charge in [-0.1, -0.05) is 6.92 Å². The predicted octanol–water partition coefficient (Wildman–Crippen LogP) is 2.65. The Morgan fingerprint density at radius 1 is 1.16 bits per heavy atom. The number of hydrogen-bond acceptors (Lipinski definition) is 3. The summed E-state index contributed by atoms with van der Waals surface area (Å²) >= 11 is 0. The predicted molar refractivity (Wildman–Crippen MR) is 80.5 cm³/mol. The maximum Gasteiger partial charge on any atom is 0.0760 e. The first kappa shape index (κ1) is 15.3. The van der Waals surface area contributed by atoms with E-state index in [2.05, 4.69) is 44.8 Å². The largest absolute Gasteiger partial charge is 0.367 e. The molecule has 2 aliphatic rings. The Morgan fingerprint density at radius 2 is 1.74 bits per heavy atom. The molecule has 1 saturated carbocycles. The molecule has 2 fully saturated rings. The first-order chi connectivity index (χ1) is 8.81. The summed E-state index contributed by atoms with van der Waals surface area (Å²) in [6, 6.07) is 0.685. The van der Waals surface area contributed by atoms with Crippen molar-refractivity contribution in [3.8, 4) is 0 Å². The summed E-state index contributed by atoms with van der Waals surface area (Å²) in [7, 11) is 0. The van der Waals surface area contributed by atoms with Gasteiger partial charge in [0.1, 0.15) is 0 Å². The number of hydrogen-bond donors (Lipinski definition) is 1. The Labute approximate surface area is 119 Å². The molecule has 0 radical (unpaired) electrons. The van der Waals surface area contributed by atoms with E-state index in [9.17, 15) is 0 Å². The van der Waals surface area contributed by atoms with Gasteiger partial charge in [-0.3, -0.25) is 4.90 Å². The zero-order chi connectivity index (χ0) is 14.1. The normalized spacial score (nSPS) is 28.3. The molecule has 1 atom stereocenters. The minimum atomic E-state index is -0.0272. The summed E-state index contributed by atoms with van der Waals surface area (Å²) in [5.41, 5.74) is -0.0544. The molecule has 1 unspecified atom stereocenters. The molecule has 1 aliphatic heterocycles. The SMILES string of the molecule is CCCNC(CN1CC(C)(C)OC(C)(C)C1)C1CC1. The van der Waals surface area contributed by atoms with E-state index in [1.54, 1.807) is 0 Å². The van der Waals surface area contributed by atoms with E-state index in [1.807, 2.05) is 0 Å². The van der Waals surface area contributed by atoms with Crippen LogP contribution in [0.4, 0.5) is 0 Å². The van der Waals surface area contributed by atoms with Crippen molar-refractivity contribution < 1.29 is 4.74 Å². The van der Waals surface area contributed by atoms with Gasteiger partial charge in [0.05, 0.1) is 11.2 Å². The fraction of sp³-hybridized carbons (Fsp3) is 1.00. The van der Waals surface area contributed by atoms with Gasteiger partial charge in [-0.05, 0) is 59.4 Å². The molecule has 0 bridgehead atoms. The second kappa shape index (κ2) is 5.71. The summed E-state index contributed by atoms with van der Waals surface area (Å²) in [4.78, 5) is 2.61. The number of rotatable bonds is 6. The van der Waals surface area contributed by atoms with Crippen molar-refractivity contribution in [3.63, 3.8) is 0 Å². The zero-order valence-corrected chi connectivity index (χ0v) is 13.5. The Morgan fingerprint density at radius 3 is 2.21 bits per heavy atom. The first-order valence-electron chi connectivity index (χ1n) is 7.97. The Bertz CT molecular complexity index is 281. The summed E-state index contributed by atoms with van der Waals surface area (Å²) in [5.74, 6) is 0.917. The van der Waals surface area contributed by atoms with Crippen molar-refractivity contribution in [1.29, 1.82) is 0 Å². The molecule has 0 spiro atoms. The number of nitrogens with zero attached hydrogens (tertiary/aromatic N) is 1. The van der Waals surface area contributed by atoms with Crippen LogP contribution in [0.3, 0.4) is 0 Å². The Kier molecular flexibility index (Phi) is 4.59. The van der Waals surface area contributed by atoms with Gasteiger partial charge in [0.15, 0.2) is 0 Å². The minimum Gasteiger partial charge on any atom is -0.367 e. The van der Waals surface area contributed by atoms with Gasteiger partial charge in [-0.2, -0.15) is 0 Å². The molecule has 0 amide bonds. The fourth-order valence-corrected chi connectivity index (χ4v) is 3.56. The lowest BCUT2D eigenvalue weighted by Gasteiger charge is -2.48. The molecular formula is C16H32N2O. The van der Waals surface area contributed by atoms with Gasteiger partial charge < -0.3 is 10.1 Å². The van der Waals surface area contributed by atoms with Crippen LogP contribution in [0.1, 0.15) is 53.9 Å². The van der Waals surface area contributed by atoms with Crippen LogP contribution >= 0.6 is 0 Å². The highest BCUT2D eigenvalue weighted by Gasteiger charge is 2.40. The lowest BCUT2D eigenvalue weighted by atomic mass is 9.98. The third kappa shape index (κ3) is 4.73. The van der Waals surface area contributed by atoms with Crippen LogP contribution in [-0.2, 0) is 4.74 Å². The Balaban J connectivity index is 1.92. The molecule has 0 aromatic carbocycles. The van der Waals surface area contributed by atoms with Crippen molar-refractivity contribution in [2.45, 2.75) is 71.1 Å². The number of nitrogens with one attached hydrogen (secondary N) is 1. The van der Waals surface area contributed by atoms with Crippen LogP contribution in [-0.4, -0.2) is 48.3 Å². The van der Waals surface area contributed by atoms with E-state index in [4.69, 9.17) is 4.74 Å². The zero-order valence-electron chi connectivity index (χ0n) is 13.5. The molecule has 3 heteroatoms. The highest BCUT2D eigenvalue weighted by atomic mass is 16.5. The van der Waals surface area contributed by atoms with Crippen LogP contribution in [0.25, 0.3) is 0 Å². The van der Waals surface area contributed by atoms with Crippen LogP contribution in [0, 0.1) is 5.92 Å². The van der Waals surface area contributed by atoms with Crippen molar-refractivity contribution in [2.75, 3.05) is 26.2 Å². The quantitative estimate of drug-likeness (QED) is 0.801. The van der Waals surface area contributed by atoms with Gasteiger partial charge in [0.2, 0.25) is 0 Å². The molecule has 1 aliphatic carbocycles. The van der Waals surface area contributed by atoms with Crippen molar-refractivity contribution >= 4 is 0 Å². The molecule has 3 nitrogen and oxygen atoms in total. The van der Waals surface area contributed by atoms with Gasteiger partial charge in [-0.15, -0.1) is 0 Å². The smallest absolute Gasteiger partial charge is 0.0760 e. The third-order valence-corrected chi connectivity index (χ3v) is 4.06. The monoisotopic (exact) mass is 268 g/mol. The van der Waals surface area contributed by atoms with Gasteiger partial charge >= 0.3 is 0 Å². The third-order valence-electron chi connectivity index (χ3n) is 4.06. The lowest BCUT2D eigenvalue weighted by molar-refractivity contribution is -0.181. The van der Waals surface area contributed by atoms with Crippen LogP contribution in [0.15, 0.2) is 0 Å². The maximum absolute atomic E-state index is 6.17. The van der Waals surface area contributed by atoms with Crippen LogP contribution in [0.5, 0.6) is 0 Å². The molecule has 1 heterocycles. The minimum absolute atomic E-state index is 0.0272. The van der Waals surface area contributed by atoms with E-state index in [-0.39, 0.29) is 11.2 Å². The van der Waals surface area contributed by atoms with E-state index >= 15 is 0 Å². The summed E-state index contributed by atoms with van der Waals surface area (Å²) in [5, 5.41) is 3.75. The number of morpholine rings is 1. The standard InChI is InChI=1S/C16H32N2O/c1-6-9-17-14(13-7-8-13)10-18-11-15(2,3)19-16(4,5)12-18/h13-14,17H,6-12H2,1-5H3. The summed E-state index contributed by atoms with van der Waals surface area (Å²) < 4.78 is 6.17. The molecule has 19 heavy (non-hydrogen) atoms. The van der Waals surface area contributed by atoms with Gasteiger partial charge in [0, 0.05) is 25.7 Å². The van der Waals surface area contributed by atoms with E-state index < -0.39 is 0 Å². The van der Waals surface area contributed by atoms with Crippen LogP contribution < -0.4 is 5.32 Å². The van der Waals surface area contributed by atoms with Gasteiger partial charge in [0.25, 0.3) is 0 Å². The Hall–Kier alpha value is -0.120. The lowest BCUT2D eigenvalue weighted by Crippen LogP contribution is -2.59.